The van der Waals surface area contributed by atoms with Gasteiger partial charge in [-0.1, -0.05) is 41.5 Å². The first-order valence-corrected chi connectivity index (χ1v) is 11.7. The maximum atomic E-state index is 12.5. The number of fused-ring (bicyclic) bond motifs is 3. The maximum absolute atomic E-state index is 12.5. The molecule has 0 aromatic rings. The predicted octanol–water partition coefficient (Wildman–Crippen LogP) is 2.47. The Hall–Kier alpha value is -1.49. The van der Waals surface area contributed by atoms with Crippen LogP contribution in [0, 0.1) is 0 Å². The van der Waals surface area contributed by atoms with Crippen molar-refractivity contribution in [3.05, 3.63) is 0 Å². The molecular weight excluding hydrogens is 398 g/mol. The second kappa shape index (κ2) is 7.04. The second-order valence-corrected chi connectivity index (χ2v) is 14.6. The highest BCUT2D eigenvalue weighted by atomic mass is 28.4. The number of esters is 1. The molecule has 0 saturated carbocycles. The minimum Gasteiger partial charge on any atom is -0.440 e. The van der Waals surface area contributed by atoms with Crippen molar-refractivity contribution in [3.8, 4) is 0 Å². The highest BCUT2D eigenvalue weighted by molar-refractivity contribution is 6.73. The summed E-state index contributed by atoms with van der Waals surface area (Å²) in [4.78, 5) is 37.1. The molecule has 0 N–H and O–H groups in total. The van der Waals surface area contributed by atoms with Gasteiger partial charge in [0.25, 0.3) is 0 Å². The number of ether oxygens (including phenoxy) is 3. The van der Waals surface area contributed by atoms with Gasteiger partial charge in [0.15, 0.2) is 6.10 Å². The number of hydrogen-bond acceptors (Lipinski definition) is 8. The van der Waals surface area contributed by atoms with E-state index >= 15 is 0 Å². The molecule has 164 valence electrons. The number of amides is 2. The SMILES string of the molecule is CC(=O)OC1O[C@@H]2CO[Si](C(C)(C)C)(C(C)(C)C)O[C@H]2[C@@H]2OC(=O)N(C(C)=O)[C@H]12. The summed E-state index contributed by atoms with van der Waals surface area (Å²) in [6, 6.07) is -0.908. The van der Waals surface area contributed by atoms with E-state index in [4.69, 9.17) is 23.1 Å². The molecule has 3 aliphatic rings. The molecule has 0 spiro atoms. The molecule has 3 rings (SSSR count). The first-order chi connectivity index (χ1) is 13.2. The lowest BCUT2D eigenvalue weighted by Gasteiger charge is -2.57. The zero-order valence-corrected chi connectivity index (χ0v) is 19.3. The summed E-state index contributed by atoms with van der Waals surface area (Å²) in [5, 5.41) is -0.553. The zero-order chi connectivity index (χ0) is 21.9. The van der Waals surface area contributed by atoms with Gasteiger partial charge in [0.1, 0.15) is 18.2 Å². The fourth-order valence-electron chi connectivity index (χ4n) is 4.80. The van der Waals surface area contributed by atoms with E-state index in [0.29, 0.717) is 0 Å². The largest absolute Gasteiger partial charge is 0.440 e. The molecule has 0 radical (unpaired) electrons. The summed E-state index contributed by atoms with van der Waals surface area (Å²) in [7, 11) is -2.86. The highest BCUT2D eigenvalue weighted by Crippen LogP contribution is 2.55. The van der Waals surface area contributed by atoms with Crippen molar-refractivity contribution in [1.82, 2.24) is 4.90 Å². The van der Waals surface area contributed by atoms with Gasteiger partial charge in [0.2, 0.25) is 12.2 Å². The van der Waals surface area contributed by atoms with E-state index in [9.17, 15) is 14.4 Å². The fourth-order valence-corrected chi connectivity index (χ4v) is 9.76. The summed E-state index contributed by atoms with van der Waals surface area (Å²) in [5.41, 5.74) is 0. The molecule has 10 heteroatoms. The molecule has 3 fully saturated rings. The number of hydrogen-bond donors (Lipinski definition) is 0. The van der Waals surface area contributed by atoms with Gasteiger partial charge in [-0.25, -0.2) is 9.69 Å². The van der Waals surface area contributed by atoms with Crippen LogP contribution < -0.4 is 0 Å². The van der Waals surface area contributed by atoms with Gasteiger partial charge < -0.3 is 23.1 Å². The average molecular weight is 430 g/mol. The van der Waals surface area contributed by atoms with E-state index < -0.39 is 57.2 Å². The van der Waals surface area contributed by atoms with E-state index in [1.165, 1.54) is 13.8 Å². The second-order valence-electron chi connectivity index (χ2n) is 9.89. The Balaban J connectivity index is 2.01. The van der Waals surface area contributed by atoms with Crippen LogP contribution in [0.5, 0.6) is 0 Å². The third-order valence-corrected chi connectivity index (χ3v) is 10.8. The van der Waals surface area contributed by atoms with E-state index in [-0.39, 0.29) is 16.7 Å². The van der Waals surface area contributed by atoms with Crippen molar-refractivity contribution >= 4 is 26.5 Å². The van der Waals surface area contributed by atoms with Crippen LogP contribution in [0.2, 0.25) is 10.1 Å². The van der Waals surface area contributed by atoms with Gasteiger partial charge >= 0.3 is 20.6 Å². The molecule has 9 nitrogen and oxygen atoms in total. The van der Waals surface area contributed by atoms with Gasteiger partial charge in [-0.05, 0) is 0 Å². The lowest BCUT2D eigenvalue weighted by molar-refractivity contribution is -0.268. The minimum atomic E-state index is -2.86. The van der Waals surface area contributed by atoms with Crippen LogP contribution in [0.1, 0.15) is 55.4 Å². The first kappa shape index (κ1) is 22.2. The smallest absolute Gasteiger partial charge is 0.417 e. The molecule has 0 bridgehead atoms. The lowest BCUT2D eigenvalue weighted by Crippen LogP contribution is -2.72. The molecule has 29 heavy (non-hydrogen) atoms. The number of rotatable bonds is 1. The highest BCUT2D eigenvalue weighted by Gasteiger charge is 2.67. The number of carbonyl (C=O) groups is 3. The van der Waals surface area contributed by atoms with E-state index in [0.717, 1.165) is 4.90 Å². The normalized spacial score (nSPS) is 34.1. The van der Waals surface area contributed by atoms with Crippen LogP contribution in [0.3, 0.4) is 0 Å². The van der Waals surface area contributed by atoms with Gasteiger partial charge in [-0.15, -0.1) is 0 Å². The van der Waals surface area contributed by atoms with Crippen LogP contribution in [0.15, 0.2) is 0 Å². The van der Waals surface area contributed by atoms with E-state index in [1.54, 1.807) is 0 Å². The zero-order valence-electron chi connectivity index (χ0n) is 18.3. The standard InChI is InChI=1S/C19H31NO8Si/c1-10(21)20-13-15(27-17(20)23)14-12(26-16(13)25-11(2)22)9-24-29(28-14,18(3,4)5)19(6,7)8/h12-16H,9H2,1-8H3/t12-,13+,14-,15-,16?/m1/s1. The number of nitrogens with zero attached hydrogens (tertiary/aromatic N) is 1. The molecule has 3 aliphatic heterocycles. The van der Waals surface area contributed by atoms with E-state index in [2.05, 4.69) is 41.5 Å². The Morgan fingerprint density at radius 2 is 1.66 bits per heavy atom. The lowest BCUT2D eigenvalue weighted by atomic mass is 9.96. The van der Waals surface area contributed by atoms with Crippen molar-refractivity contribution in [3.63, 3.8) is 0 Å². The Morgan fingerprint density at radius 1 is 1.07 bits per heavy atom. The summed E-state index contributed by atoms with van der Waals surface area (Å²) >= 11 is 0. The minimum absolute atomic E-state index is 0.226. The van der Waals surface area contributed by atoms with Crippen molar-refractivity contribution in [2.75, 3.05) is 6.61 Å². The van der Waals surface area contributed by atoms with Gasteiger partial charge in [-0.3, -0.25) is 9.59 Å². The van der Waals surface area contributed by atoms with E-state index in [1.807, 2.05) is 0 Å². The summed E-state index contributed by atoms with van der Waals surface area (Å²) in [6.45, 7) is 15.2. The Bertz CT molecular complexity index is 698. The molecule has 3 heterocycles. The van der Waals surface area contributed by atoms with Crippen molar-refractivity contribution in [1.29, 1.82) is 0 Å². The first-order valence-electron chi connectivity index (χ1n) is 9.84. The maximum Gasteiger partial charge on any atom is 0.417 e. The molecular formula is C19H31NO8Si. The van der Waals surface area contributed by atoms with Gasteiger partial charge in [0, 0.05) is 23.9 Å². The van der Waals surface area contributed by atoms with Crippen molar-refractivity contribution < 1.29 is 37.4 Å². The van der Waals surface area contributed by atoms with Gasteiger partial charge in [0.05, 0.1) is 6.61 Å². The van der Waals surface area contributed by atoms with Crippen LogP contribution in [0.4, 0.5) is 4.79 Å². The third-order valence-electron chi connectivity index (χ3n) is 5.70. The third kappa shape index (κ3) is 3.49. The number of carbonyl (C=O) groups excluding carboxylic acids is 3. The Labute approximate surface area is 172 Å². The topological polar surface area (TPSA) is 101 Å². The molecule has 0 aromatic heterocycles. The summed E-state index contributed by atoms with van der Waals surface area (Å²) in [6.07, 6.45) is -3.96. The van der Waals surface area contributed by atoms with Crippen LogP contribution in [-0.2, 0) is 32.7 Å². The van der Waals surface area contributed by atoms with Crippen molar-refractivity contribution in [2.24, 2.45) is 0 Å². The van der Waals surface area contributed by atoms with Crippen molar-refractivity contribution in [2.45, 2.75) is 96.1 Å². The van der Waals surface area contributed by atoms with Crippen LogP contribution >= 0.6 is 0 Å². The Morgan fingerprint density at radius 3 is 2.14 bits per heavy atom. The monoisotopic (exact) mass is 429 g/mol. The molecule has 5 atom stereocenters. The fraction of sp³-hybridized carbons (Fsp3) is 0.842. The van der Waals surface area contributed by atoms with Crippen LogP contribution in [0.25, 0.3) is 0 Å². The Kier molecular flexibility index (Phi) is 5.39. The quantitative estimate of drug-likeness (QED) is 0.463. The number of imide groups is 1. The molecule has 3 saturated heterocycles. The molecule has 0 aromatic carbocycles. The van der Waals surface area contributed by atoms with Crippen LogP contribution in [-0.4, -0.2) is 68.7 Å². The van der Waals surface area contributed by atoms with Gasteiger partial charge in [-0.2, -0.15) is 0 Å². The molecule has 2 amide bonds. The molecule has 0 aliphatic carbocycles. The average Bonchev–Trinajstić information content (AvgIpc) is 2.89. The summed E-state index contributed by atoms with van der Waals surface area (Å²) in [5.74, 6) is -1.09. The molecule has 1 unspecified atom stereocenters. The predicted molar refractivity (Wildman–Crippen MR) is 103 cm³/mol. The summed E-state index contributed by atoms with van der Waals surface area (Å²) < 4.78 is 29.9.